The van der Waals surface area contributed by atoms with Gasteiger partial charge in [-0.3, -0.25) is 9.59 Å². The third-order valence-corrected chi connectivity index (χ3v) is 5.77. The molecule has 1 aliphatic rings. The molecule has 0 aliphatic carbocycles. The van der Waals surface area contributed by atoms with Gasteiger partial charge < -0.3 is 15.5 Å². The zero-order valence-corrected chi connectivity index (χ0v) is 18.1. The molecule has 7 heteroatoms. The second kappa shape index (κ2) is 10.3. The van der Waals surface area contributed by atoms with Crippen molar-refractivity contribution in [1.29, 1.82) is 0 Å². The van der Waals surface area contributed by atoms with Crippen LogP contribution in [0.2, 0.25) is 0 Å². The van der Waals surface area contributed by atoms with E-state index in [-0.39, 0.29) is 23.7 Å². The van der Waals surface area contributed by atoms with E-state index < -0.39 is 5.82 Å². The summed E-state index contributed by atoms with van der Waals surface area (Å²) in [5.41, 5.74) is 2.53. The van der Waals surface area contributed by atoms with Gasteiger partial charge in [-0.15, -0.1) is 0 Å². The number of rotatable bonds is 6. The van der Waals surface area contributed by atoms with Crippen molar-refractivity contribution in [2.75, 3.05) is 18.0 Å². The van der Waals surface area contributed by atoms with Crippen molar-refractivity contribution in [2.24, 2.45) is 0 Å². The number of hydrogen-bond donors (Lipinski definition) is 2. The van der Waals surface area contributed by atoms with E-state index in [0.29, 0.717) is 43.6 Å². The van der Waals surface area contributed by atoms with Crippen molar-refractivity contribution in [1.82, 2.24) is 10.6 Å². The number of nitrogens with one attached hydrogen (secondary N) is 2. The molecule has 5 nitrogen and oxygen atoms in total. The van der Waals surface area contributed by atoms with Gasteiger partial charge in [0.05, 0.1) is 5.56 Å². The first-order valence-corrected chi connectivity index (χ1v) is 10.9. The lowest BCUT2D eigenvalue weighted by molar-refractivity contribution is 0.0929. The molecule has 0 radical (unpaired) electrons. The molecule has 33 heavy (non-hydrogen) atoms. The summed E-state index contributed by atoms with van der Waals surface area (Å²) in [6.45, 7) is 1.66. The van der Waals surface area contributed by atoms with E-state index in [0.717, 1.165) is 11.3 Å². The van der Waals surface area contributed by atoms with E-state index in [2.05, 4.69) is 15.5 Å². The first-order valence-electron chi connectivity index (χ1n) is 10.9. The highest BCUT2D eigenvalue weighted by Gasteiger charge is 2.24. The Balaban J connectivity index is 1.35. The average molecular weight is 450 g/mol. The molecule has 2 N–H and O–H groups in total. The molecule has 3 aromatic carbocycles. The Bertz CT molecular complexity index is 1130. The molecule has 0 atom stereocenters. The lowest BCUT2D eigenvalue weighted by Crippen LogP contribution is -2.45. The van der Waals surface area contributed by atoms with Gasteiger partial charge in [0.25, 0.3) is 11.8 Å². The van der Waals surface area contributed by atoms with Gasteiger partial charge in [0, 0.05) is 36.9 Å². The van der Waals surface area contributed by atoms with Crippen LogP contribution in [0.4, 0.5) is 14.5 Å². The summed E-state index contributed by atoms with van der Waals surface area (Å²) in [6.07, 6.45) is 1.43. The van der Waals surface area contributed by atoms with Gasteiger partial charge in [-0.2, -0.15) is 0 Å². The van der Waals surface area contributed by atoms with E-state index in [1.807, 2.05) is 18.2 Å². The Morgan fingerprint density at radius 3 is 2.30 bits per heavy atom. The number of carbonyl (C=O) groups excluding carboxylic acids is 2. The second-order valence-corrected chi connectivity index (χ2v) is 8.07. The molecular weight excluding hydrogens is 424 g/mol. The fourth-order valence-corrected chi connectivity index (χ4v) is 3.98. The number of halogens is 2. The van der Waals surface area contributed by atoms with Gasteiger partial charge in [-0.25, -0.2) is 8.78 Å². The molecule has 1 fully saturated rings. The first-order chi connectivity index (χ1) is 16.0. The van der Waals surface area contributed by atoms with Crippen LogP contribution in [-0.4, -0.2) is 30.9 Å². The first kappa shape index (κ1) is 22.5. The quantitative estimate of drug-likeness (QED) is 0.590. The molecule has 3 aromatic rings. The molecular formula is C26H25F2N3O2. The SMILES string of the molecule is O=C(NC1CCN(c2ccccc2C(=O)NCc2ccc(F)cc2)CC1)c1cccc(F)c1. The van der Waals surface area contributed by atoms with Crippen LogP contribution in [0.25, 0.3) is 0 Å². The van der Waals surface area contributed by atoms with E-state index in [9.17, 15) is 18.4 Å². The smallest absolute Gasteiger partial charge is 0.253 e. The Morgan fingerprint density at radius 2 is 1.58 bits per heavy atom. The Morgan fingerprint density at radius 1 is 0.848 bits per heavy atom. The maximum absolute atomic E-state index is 13.4. The molecule has 1 heterocycles. The normalized spacial score (nSPS) is 14.1. The van der Waals surface area contributed by atoms with E-state index in [1.165, 1.54) is 30.3 Å². The Hall–Kier alpha value is -3.74. The van der Waals surface area contributed by atoms with Crippen LogP contribution >= 0.6 is 0 Å². The van der Waals surface area contributed by atoms with Crippen molar-refractivity contribution in [3.8, 4) is 0 Å². The van der Waals surface area contributed by atoms with Crippen LogP contribution in [0.3, 0.4) is 0 Å². The zero-order chi connectivity index (χ0) is 23.2. The average Bonchev–Trinajstić information content (AvgIpc) is 2.84. The van der Waals surface area contributed by atoms with Crippen LogP contribution in [0.5, 0.6) is 0 Å². The fraction of sp³-hybridized carbons (Fsp3) is 0.231. The van der Waals surface area contributed by atoms with Gasteiger partial charge >= 0.3 is 0 Å². The standard InChI is InChI=1S/C26H25F2N3O2/c27-20-10-8-18(9-11-20)17-29-26(33)23-6-1-2-7-24(23)31-14-12-22(13-15-31)30-25(32)19-4-3-5-21(28)16-19/h1-11,16,22H,12-15,17H2,(H,29,33)(H,30,32). The number of amides is 2. The minimum Gasteiger partial charge on any atom is -0.371 e. The van der Waals surface area contributed by atoms with Gasteiger partial charge in [0.2, 0.25) is 0 Å². The number of carbonyl (C=O) groups is 2. The highest BCUT2D eigenvalue weighted by molar-refractivity contribution is 5.99. The lowest BCUT2D eigenvalue weighted by Gasteiger charge is -2.35. The minimum atomic E-state index is -0.438. The van der Waals surface area contributed by atoms with Crippen molar-refractivity contribution >= 4 is 17.5 Å². The molecule has 0 unspecified atom stereocenters. The third kappa shape index (κ3) is 5.74. The van der Waals surface area contributed by atoms with Crippen LogP contribution in [0.1, 0.15) is 39.1 Å². The summed E-state index contributed by atoms with van der Waals surface area (Å²) in [4.78, 5) is 27.4. The van der Waals surface area contributed by atoms with Crippen molar-refractivity contribution in [3.05, 3.63) is 101 Å². The maximum Gasteiger partial charge on any atom is 0.253 e. The van der Waals surface area contributed by atoms with Crippen molar-refractivity contribution in [3.63, 3.8) is 0 Å². The Kier molecular flexibility index (Phi) is 6.98. The van der Waals surface area contributed by atoms with Crippen molar-refractivity contribution < 1.29 is 18.4 Å². The van der Waals surface area contributed by atoms with E-state index >= 15 is 0 Å². The van der Waals surface area contributed by atoms with E-state index in [4.69, 9.17) is 0 Å². The predicted octanol–water partition coefficient (Wildman–Crippen LogP) is 4.29. The molecule has 0 spiro atoms. The van der Waals surface area contributed by atoms with Gasteiger partial charge in [0.15, 0.2) is 0 Å². The van der Waals surface area contributed by atoms with Gasteiger partial charge in [-0.05, 0) is 60.9 Å². The molecule has 4 rings (SSSR count). The topological polar surface area (TPSA) is 61.4 Å². The summed E-state index contributed by atoms with van der Waals surface area (Å²) >= 11 is 0. The largest absolute Gasteiger partial charge is 0.371 e. The van der Waals surface area contributed by atoms with Gasteiger partial charge in [0.1, 0.15) is 11.6 Å². The monoisotopic (exact) mass is 449 g/mol. The van der Waals surface area contributed by atoms with Crippen molar-refractivity contribution in [2.45, 2.75) is 25.4 Å². The summed E-state index contributed by atoms with van der Waals surface area (Å²) in [5, 5.41) is 5.87. The third-order valence-electron chi connectivity index (χ3n) is 5.77. The summed E-state index contributed by atoms with van der Waals surface area (Å²) in [7, 11) is 0. The lowest BCUT2D eigenvalue weighted by atomic mass is 10.0. The number of para-hydroxylation sites is 1. The molecule has 2 amide bonds. The van der Waals surface area contributed by atoms with E-state index in [1.54, 1.807) is 24.3 Å². The fourth-order valence-electron chi connectivity index (χ4n) is 3.98. The number of piperidine rings is 1. The van der Waals surface area contributed by atoms with Gasteiger partial charge in [-0.1, -0.05) is 30.3 Å². The van der Waals surface area contributed by atoms with Crippen LogP contribution in [0.15, 0.2) is 72.8 Å². The Labute approximate surface area is 191 Å². The molecule has 170 valence electrons. The highest BCUT2D eigenvalue weighted by atomic mass is 19.1. The van der Waals surface area contributed by atoms with Crippen LogP contribution in [-0.2, 0) is 6.54 Å². The summed E-state index contributed by atoms with van der Waals surface area (Å²) in [5.74, 6) is -1.23. The minimum absolute atomic E-state index is 0.0171. The summed E-state index contributed by atoms with van der Waals surface area (Å²) in [6, 6.07) is 19.1. The number of nitrogens with zero attached hydrogens (tertiary/aromatic N) is 1. The summed E-state index contributed by atoms with van der Waals surface area (Å²) < 4.78 is 26.5. The molecule has 0 aromatic heterocycles. The van der Waals surface area contributed by atoms with Crippen LogP contribution < -0.4 is 15.5 Å². The molecule has 0 saturated carbocycles. The predicted molar refractivity (Wildman–Crippen MR) is 123 cm³/mol. The number of benzene rings is 3. The zero-order valence-electron chi connectivity index (χ0n) is 18.1. The van der Waals surface area contributed by atoms with Crippen LogP contribution in [0, 0.1) is 11.6 Å². The molecule has 1 aliphatic heterocycles. The number of hydrogen-bond acceptors (Lipinski definition) is 3. The second-order valence-electron chi connectivity index (χ2n) is 8.07. The molecule has 0 bridgehead atoms. The molecule has 1 saturated heterocycles. The highest BCUT2D eigenvalue weighted by Crippen LogP contribution is 2.24. The number of anilines is 1. The maximum atomic E-state index is 13.4.